The Morgan fingerprint density at radius 3 is 2.58 bits per heavy atom. The highest BCUT2D eigenvalue weighted by atomic mass is 28.4. The predicted octanol–water partition coefficient (Wildman–Crippen LogP) is 1.86. The summed E-state index contributed by atoms with van der Waals surface area (Å²) in [6.07, 6.45) is 1.11. The van der Waals surface area contributed by atoms with Crippen molar-refractivity contribution in [1.29, 1.82) is 0 Å². The van der Waals surface area contributed by atoms with Gasteiger partial charge >= 0.3 is 5.69 Å². The van der Waals surface area contributed by atoms with E-state index < -0.39 is 25.8 Å². The lowest BCUT2D eigenvalue weighted by molar-refractivity contribution is -0.0613. The molecule has 1 aliphatic rings. The second kappa shape index (κ2) is 6.95. The molecule has 1 fully saturated rings. The average molecular weight is 356 g/mol. The molecule has 1 saturated heterocycles. The molecule has 0 aromatic carbocycles. The number of hydrogen-bond acceptors (Lipinski definition) is 5. The van der Waals surface area contributed by atoms with Crippen LogP contribution >= 0.6 is 0 Å². The minimum atomic E-state index is -1.86. The van der Waals surface area contributed by atoms with Gasteiger partial charge in [0.05, 0.1) is 12.7 Å². The second-order valence-corrected chi connectivity index (χ2v) is 12.6. The van der Waals surface area contributed by atoms with Crippen LogP contribution in [-0.2, 0) is 13.9 Å². The highest BCUT2D eigenvalue weighted by Crippen LogP contribution is 2.38. The monoisotopic (exact) mass is 356 g/mol. The third-order valence-electron chi connectivity index (χ3n) is 5.01. The zero-order valence-electron chi connectivity index (χ0n) is 15.3. The smallest absolute Gasteiger partial charge is 0.330 e. The molecule has 0 unspecified atom stereocenters. The summed E-state index contributed by atoms with van der Waals surface area (Å²) in [7, 11) is -0.269. The summed E-state index contributed by atoms with van der Waals surface area (Å²) >= 11 is 0. The van der Waals surface area contributed by atoms with Gasteiger partial charge in [0, 0.05) is 25.8 Å². The van der Waals surface area contributed by atoms with Gasteiger partial charge < -0.3 is 13.9 Å². The van der Waals surface area contributed by atoms with Gasteiger partial charge in [-0.05, 0) is 18.1 Å². The van der Waals surface area contributed by atoms with Crippen molar-refractivity contribution in [3.05, 3.63) is 33.1 Å². The zero-order chi connectivity index (χ0) is 18.1. The van der Waals surface area contributed by atoms with Crippen LogP contribution in [0.15, 0.2) is 21.9 Å². The van der Waals surface area contributed by atoms with Crippen molar-refractivity contribution in [3.8, 4) is 0 Å². The van der Waals surface area contributed by atoms with Crippen LogP contribution in [0.4, 0.5) is 0 Å². The molecule has 2 heterocycles. The van der Waals surface area contributed by atoms with Crippen LogP contribution < -0.4 is 11.2 Å². The van der Waals surface area contributed by atoms with Crippen molar-refractivity contribution >= 4 is 8.32 Å². The minimum absolute atomic E-state index is 0.127. The summed E-state index contributed by atoms with van der Waals surface area (Å²) in [6, 6.07) is 1.30. The first-order valence-electron chi connectivity index (χ1n) is 8.19. The van der Waals surface area contributed by atoms with Gasteiger partial charge in [0.1, 0.15) is 6.10 Å². The molecule has 0 aliphatic carbocycles. The quantitative estimate of drug-likeness (QED) is 0.814. The molecule has 136 valence electrons. The van der Waals surface area contributed by atoms with E-state index in [1.165, 1.54) is 16.8 Å². The lowest BCUT2D eigenvalue weighted by Gasteiger charge is -2.36. The number of rotatable bonds is 5. The largest absolute Gasteiger partial charge is 0.414 e. The van der Waals surface area contributed by atoms with Crippen molar-refractivity contribution in [1.82, 2.24) is 9.55 Å². The fraction of sp³-hybridized carbons (Fsp3) is 0.750. The number of ether oxygens (including phenoxy) is 2. The molecular formula is C16H28N2O5Si. The first kappa shape index (κ1) is 19.1. The number of aromatic amines is 1. The van der Waals surface area contributed by atoms with Gasteiger partial charge in [-0.1, -0.05) is 20.8 Å². The fourth-order valence-corrected chi connectivity index (χ4v) is 3.46. The molecule has 24 heavy (non-hydrogen) atoms. The minimum Gasteiger partial charge on any atom is -0.414 e. The molecule has 0 radical (unpaired) electrons. The van der Waals surface area contributed by atoms with E-state index in [1.807, 2.05) is 0 Å². The Kier molecular flexibility index (Phi) is 5.53. The van der Waals surface area contributed by atoms with Crippen molar-refractivity contribution in [3.63, 3.8) is 0 Å². The van der Waals surface area contributed by atoms with E-state index in [9.17, 15) is 9.59 Å². The van der Waals surface area contributed by atoms with Crippen LogP contribution in [0.25, 0.3) is 0 Å². The van der Waals surface area contributed by atoms with Crippen molar-refractivity contribution in [2.75, 3.05) is 13.7 Å². The summed E-state index contributed by atoms with van der Waals surface area (Å²) in [5, 5.41) is 0.127. The number of aromatic nitrogens is 2. The van der Waals surface area contributed by atoms with Crippen molar-refractivity contribution < 1.29 is 13.9 Å². The summed E-state index contributed by atoms with van der Waals surface area (Å²) in [6.45, 7) is 11.4. The van der Waals surface area contributed by atoms with E-state index in [4.69, 9.17) is 13.9 Å². The SMILES string of the molecule is CO[C@@H]1C[C@H](CO[Si](C)(C)C(C)(C)C)O[C@H]1n1ccc(=O)[nH]c1=O. The first-order chi connectivity index (χ1) is 11.0. The molecule has 1 N–H and O–H groups in total. The van der Waals surface area contributed by atoms with Crippen molar-refractivity contribution in [2.45, 2.75) is 63.8 Å². The van der Waals surface area contributed by atoms with Gasteiger partial charge in [0.25, 0.3) is 5.56 Å². The third-order valence-corrected chi connectivity index (χ3v) is 9.51. The van der Waals surface area contributed by atoms with Crippen molar-refractivity contribution in [2.24, 2.45) is 0 Å². The van der Waals surface area contributed by atoms with Crippen LogP contribution in [-0.4, -0.2) is 43.8 Å². The first-order valence-corrected chi connectivity index (χ1v) is 11.1. The van der Waals surface area contributed by atoms with Crippen LogP contribution in [0.1, 0.15) is 33.4 Å². The average Bonchev–Trinajstić information content (AvgIpc) is 2.87. The molecule has 0 spiro atoms. The Labute approximate surface area is 143 Å². The molecule has 3 atom stereocenters. The van der Waals surface area contributed by atoms with Crippen LogP contribution in [0.2, 0.25) is 18.1 Å². The van der Waals surface area contributed by atoms with Gasteiger partial charge in [-0.15, -0.1) is 0 Å². The molecule has 0 saturated carbocycles. The second-order valence-electron chi connectivity index (χ2n) is 7.75. The van der Waals surface area contributed by atoms with E-state index in [1.54, 1.807) is 7.11 Å². The lowest BCUT2D eigenvalue weighted by Crippen LogP contribution is -2.42. The van der Waals surface area contributed by atoms with Gasteiger partial charge in [-0.3, -0.25) is 14.3 Å². The molecule has 2 rings (SSSR count). The summed E-state index contributed by atoms with van der Waals surface area (Å²) in [4.78, 5) is 25.5. The highest BCUT2D eigenvalue weighted by molar-refractivity contribution is 6.74. The molecule has 7 nitrogen and oxygen atoms in total. The molecule has 1 aromatic heterocycles. The number of hydrogen-bond donors (Lipinski definition) is 1. The third kappa shape index (κ3) is 4.05. The Morgan fingerprint density at radius 1 is 1.38 bits per heavy atom. The maximum atomic E-state index is 12.0. The maximum absolute atomic E-state index is 12.0. The summed E-state index contributed by atoms with van der Waals surface area (Å²) in [5.41, 5.74) is -0.929. The summed E-state index contributed by atoms with van der Waals surface area (Å²) < 4.78 is 19.0. The van der Waals surface area contributed by atoms with Gasteiger partial charge in [-0.25, -0.2) is 4.79 Å². The van der Waals surface area contributed by atoms with E-state index >= 15 is 0 Å². The number of nitrogens with zero attached hydrogens (tertiary/aromatic N) is 1. The van der Waals surface area contributed by atoms with E-state index in [2.05, 4.69) is 38.8 Å². The molecule has 1 aliphatic heterocycles. The topological polar surface area (TPSA) is 82.6 Å². The van der Waals surface area contributed by atoms with Crippen LogP contribution in [0.5, 0.6) is 0 Å². The standard InChI is InChI=1S/C16H28N2O5Si/c1-16(2,3)24(5,6)22-10-11-9-12(21-4)14(23-11)18-8-7-13(19)17-15(18)20/h7-8,11-12,14H,9-10H2,1-6H3,(H,17,19,20)/t11-,12-,14-/m1/s1. The summed E-state index contributed by atoms with van der Waals surface area (Å²) in [5.74, 6) is 0. The lowest BCUT2D eigenvalue weighted by atomic mass is 10.2. The molecule has 1 aromatic rings. The number of H-pyrrole nitrogens is 1. The van der Waals surface area contributed by atoms with Crippen LogP contribution in [0.3, 0.4) is 0 Å². The Morgan fingerprint density at radius 2 is 2.04 bits per heavy atom. The molecule has 0 bridgehead atoms. The Bertz CT molecular complexity index is 676. The molecule has 8 heteroatoms. The van der Waals surface area contributed by atoms with E-state index in [0.717, 1.165) is 0 Å². The molecular weight excluding hydrogens is 328 g/mol. The van der Waals surface area contributed by atoms with Gasteiger partial charge in [0.2, 0.25) is 0 Å². The van der Waals surface area contributed by atoms with Gasteiger partial charge in [0.15, 0.2) is 14.5 Å². The zero-order valence-corrected chi connectivity index (χ0v) is 16.3. The number of nitrogens with one attached hydrogen (secondary N) is 1. The fourth-order valence-electron chi connectivity index (χ4n) is 2.43. The van der Waals surface area contributed by atoms with Crippen LogP contribution in [0, 0.1) is 0 Å². The normalized spacial score (nSPS) is 25.2. The van der Waals surface area contributed by atoms with E-state index in [0.29, 0.717) is 13.0 Å². The van der Waals surface area contributed by atoms with E-state index in [-0.39, 0.29) is 17.2 Å². The number of methoxy groups -OCH3 is 1. The maximum Gasteiger partial charge on any atom is 0.330 e. The molecule has 0 amide bonds. The predicted molar refractivity (Wildman–Crippen MR) is 93.8 cm³/mol. The highest BCUT2D eigenvalue weighted by Gasteiger charge is 2.41. The van der Waals surface area contributed by atoms with Gasteiger partial charge in [-0.2, -0.15) is 0 Å². The Balaban J connectivity index is 2.09. The Hall–Kier alpha value is -1.22.